The molecule has 0 unspecified atom stereocenters. The molecule has 0 amide bonds. The predicted molar refractivity (Wildman–Crippen MR) is 49.8 cm³/mol. The van der Waals surface area contributed by atoms with Gasteiger partial charge in [-0.05, 0) is 18.8 Å². The van der Waals surface area contributed by atoms with Crippen molar-refractivity contribution in [3.8, 4) is 0 Å². The number of hydrogen-bond donors (Lipinski definition) is 0. The van der Waals surface area contributed by atoms with E-state index < -0.39 is 5.92 Å². The van der Waals surface area contributed by atoms with Crippen LogP contribution in [0.5, 0.6) is 0 Å². The SMILES string of the molecule is FC1(F)CCC(C=CCBr)CC1. The summed E-state index contributed by atoms with van der Waals surface area (Å²) in [4.78, 5) is 0. The van der Waals surface area contributed by atoms with E-state index in [0.717, 1.165) is 5.33 Å². The van der Waals surface area contributed by atoms with Gasteiger partial charge in [0.05, 0.1) is 0 Å². The molecule has 0 saturated heterocycles. The maximum atomic E-state index is 12.7. The fraction of sp³-hybridized carbons (Fsp3) is 0.778. The molecule has 0 aromatic carbocycles. The van der Waals surface area contributed by atoms with Crippen LogP contribution in [0.1, 0.15) is 25.7 Å². The summed E-state index contributed by atoms with van der Waals surface area (Å²) in [5.74, 6) is -2.01. The summed E-state index contributed by atoms with van der Waals surface area (Å²) in [7, 11) is 0. The molecule has 3 heteroatoms. The maximum Gasteiger partial charge on any atom is 0.248 e. The lowest BCUT2D eigenvalue weighted by molar-refractivity contribution is -0.0411. The Morgan fingerprint density at radius 1 is 1.33 bits per heavy atom. The van der Waals surface area contributed by atoms with Gasteiger partial charge in [0.25, 0.3) is 0 Å². The van der Waals surface area contributed by atoms with Crippen LogP contribution in [0.4, 0.5) is 8.78 Å². The minimum absolute atomic E-state index is 0.0598. The van der Waals surface area contributed by atoms with Crippen LogP contribution < -0.4 is 0 Å². The molecular weight excluding hydrogens is 226 g/mol. The standard InChI is InChI=1S/C9H13BrF2/c10-7-1-2-8-3-5-9(11,12)6-4-8/h1-2,8H,3-7H2. The van der Waals surface area contributed by atoms with Crippen molar-refractivity contribution in [2.75, 3.05) is 5.33 Å². The molecule has 1 fully saturated rings. The Morgan fingerprint density at radius 3 is 2.42 bits per heavy atom. The van der Waals surface area contributed by atoms with E-state index in [1.54, 1.807) is 0 Å². The lowest BCUT2D eigenvalue weighted by Crippen LogP contribution is -2.23. The molecule has 0 atom stereocenters. The van der Waals surface area contributed by atoms with E-state index in [4.69, 9.17) is 0 Å². The topological polar surface area (TPSA) is 0 Å². The second kappa shape index (κ2) is 4.35. The van der Waals surface area contributed by atoms with Crippen LogP contribution in [0.15, 0.2) is 12.2 Å². The van der Waals surface area contributed by atoms with Gasteiger partial charge in [0, 0.05) is 18.2 Å². The Balaban J connectivity index is 2.31. The van der Waals surface area contributed by atoms with Crippen molar-refractivity contribution >= 4 is 15.9 Å². The Kier molecular flexibility index (Phi) is 3.69. The third-order valence-corrected chi connectivity index (χ3v) is 2.63. The first-order valence-electron chi connectivity index (χ1n) is 4.24. The van der Waals surface area contributed by atoms with E-state index >= 15 is 0 Å². The molecule has 70 valence electrons. The number of halogens is 3. The molecule has 0 aromatic rings. The number of hydrogen-bond acceptors (Lipinski definition) is 0. The molecule has 0 aromatic heterocycles. The van der Waals surface area contributed by atoms with Crippen molar-refractivity contribution in [1.29, 1.82) is 0 Å². The largest absolute Gasteiger partial charge is 0.248 e. The predicted octanol–water partition coefficient (Wildman–Crippen LogP) is 3.76. The summed E-state index contributed by atoms with van der Waals surface area (Å²) in [6.45, 7) is 0. The van der Waals surface area contributed by atoms with Gasteiger partial charge in [-0.15, -0.1) is 0 Å². The number of alkyl halides is 3. The van der Waals surface area contributed by atoms with Gasteiger partial charge in [-0.2, -0.15) is 0 Å². The molecule has 12 heavy (non-hydrogen) atoms. The molecule has 1 aliphatic rings. The van der Waals surface area contributed by atoms with E-state index in [2.05, 4.69) is 15.9 Å². The second-order valence-corrected chi connectivity index (χ2v) is 3.92. The van der Waals surface area contributed by atoms with Gasteiger partial charge in [-0.25, -0.2) is 8.78 Å². The van der Waals surface area contributed by atoms with E-state index in [1.165, 1.54) is 0 Å². The summed E-state index contributed by atoms with van der Waals surface area (Å²) >= 11 is 3.26. The molecule has 0 radical (unpaired) electrons. The fourth-order valence-electron chi connectivity index (χ4n) is 1.50. The Bertz CT molecular complexity index is 156. The van der Waals surface area contributed by atoms with E-state index in [-0.39, 0.29) is 12.8 Å². The monoisotopic (exact) mass is 238 g/mol. The third-order valence-electron chi connectivity index (χ3n) is 2.26. The van der Waals surface area contributed by atoms with Crippen molar-refractivity contribution in [3.63, 3.8) is 0 Å². The number of rotatable bonds is 2. The Morgan fingerprint density at radius 2 is 1.92 bits per heavy atom. The summed E-state index contributed by atoms with van der Waals surface area (Å²) in [6.07, 6.45) is 5.43. The van der Waals surface area contributed by atoms with Crippen molar-refractivity contribution in [2.24, 2.45) is 5.92 Å². The van der Waals surface area contributed by atoms with Crippen molar-refractivity contribution < 1.29 is 8.78 Å². The highest BCUT2D eigenvalue weighted by Crippen LogP contribution is 2.36. The average Bonchev–Trinajstić information content (AvgIpc) is 2.03. The first-order valence-corrected chi connectivity index (χ1v) is 5.37. The van der Waals surface area contributed by atoms with Gasteiger partial charge < -0.3 is 0 Å². The molecule has 0 nitrogen and oxygen atoms in total. The van der Waals surface area contributed by atoms with Crippen LogP contribution >= 0.6 is 15.9 Å². The first-order chi connectivity index (χ1) is 5.64. The van der Waals surface area contributed by atoms with Crippen LogP contribution in [0.3, 0.4) is 0 Å². The van der Waals surface area contributed by atoms with Gasteiger partial charge in [-0.3, -0.25) is 0 Å². The van der Waals surface area contributed by atoms with Crippen molar-refractivity contribution in [2.45, 2.75) is 31.6 Å². The minimum Gasteiger partial charge on any atom is -0.207 e. The van der Waals surface area contributed by atoms with Gasteiger partial charge in [0.1, 0.15) is 0 Å². The van der Waals surface area contributed by atoms with E-state index in [9.17, 15) is 8.78 Å². The summed E-state index contributed by atoms with van der Waals surface area (Å²) in [6, 6.07) is 0. The molecule has 0 bridgehead atoms. The minimum atomic E-state index is -2.39. The smallest absolute Gasteiger partial charge is 0.207 e. The second-order valence-electron chi connectivity index (χ2n) is 3.28. The zero-order valence-corrected chi connectivity index (χ0v) is 8.49. The molecule has 0 heterocycles. The first kappa shape index (κ1) is 10.2. The summed E-state index contributed by atoms with van der Waals surface area (Å²) < 4.78 is 25.3. The maximum absolute atomic E-state index is 12.7. The molecule has 0 N–H and O–H groups in total. The van der Waals surface area contributed by atoms with Gasteiger partial charge >= 0.3 is 0 Å². The van der Waals surface area contributed by atoms with Gasteiger partial charge in [-0.1, -0.05) is 28.1 Å². The Hall–Kier alpha value is 0.0800. The molecule has 1 saturated carbocycles. The Labute approximate surface area is 80.2 Å². The van der Waals surface area contributed by atoms with E-state index in [0.29, 0.717) is 18.8 Å². The molecule has 1 rings (SSSR count). The zero-order chi connectivity index (χ0) is 9.03. The zero-order valence-electron chi connectivity index (χ0n) is 6.90. The molecule has 1 aliphatic carbocycles. The average molecular weight is 239 g/mol. The van der Waals surface area contributed by atoms with Crippen LogP contribution in [0.25, 0.3) is 0 Å². The lowest BCUT2D eigenvalue weighted by atomic mass is 9.87. The van der Waals surface area contributed by atoms with Crippen molar-refractivity contribution in [1.82, 2.24) is 0 Å². The van der Waals surface area contributed by atoms with Gasteiger partial charge in [0.2, 0.25) is 5.92 Å². The highest BCUT2D eigenvalue weighted by atomic mass is 79.9. The van der Waals surface area contributed by atoms with Gasteiger partial charge in [0.15, 0.2) is 0 Å². The summed E-state index contributed by atoms with van der Waals surface area (Å²) in [5, 5.41) is 0.819. The normalized spacial score (nSPS) is 24.9. The lowest BCUT2D eigenvalue weighted by Gasteiger charge is -2.26. The summed E-state index contributed by atoms with van der Waals surface area (Å²) in [5.41, 5.74) is 0. The van der Waals surface area contributed by atoms with E-state index in [1.807, 2.05) is 12.2 Å². The molecule has 0 spiro atoms. The van der Waals surface area contributed by atoms with Crippen LogP contribution in [0.2, 0.25) is 0 Å². The van der Waals surface area contributed by atoms with Crippen LogP contribution in [-0.2, 0) is 0 Å². The fourth-order valence-corrected chi connectivity index (χ4v) is 1.71. The highest BCUT2D eigenvalue weighted by Gasteiger charge is 2.33. The molecular formula is C9H13BrF2. The molecule has 0 aliphatic heterocycles. The van der Waals surface area contributed by atoms with Crippen LogP contribution in [0, 0.1) is 5.92 Å². The van der Waals surface area contributed by atoms with Crippen molar-refractivity contribution in [3.05, 3.63) is 12.2 Å². The highest BCUT2D eigenvalue weighted by molar-refractivity contribution is 9.09. The third kappa shape index (κ3) is 3.21. The quantitative estimate of drug-likeness (QED) is 0.508. The number of allylic oxidation sites excluding steroid dienone is 2. The van der Waals surface area contributed by atoms with Crippen LogP contribution in [-0.4, -0.2) is 11.3 Å².